The molecule has 1 aromatic carbocycles. The summed E-state index contributed by atoms with van der Waals surface area (Å²) in [6.07, 6.45) is 0.434. The van der Waals surface area contributed by atoms with Gasteiger partial charge in [-0.1, -0.05) is 30.3 Å². The van der Waals surface area contributed by atoms with E-state index in [-0.39, 0.29) is 11.7 Å². The third-order valence-electron chi connectivity index (χ3n) is 3.38. The number of ether oxygens (including phenoxy) is 1. The van der Waals surface area contributed by atoms with Crippen molar-refractivity contribution in [1.82, 2.24) is 9.66 Å². The number of nitrogens with one attached hydrogen (secondary N) is 1. The van der Waals surface area contributed by atoms with Crippen molar-refractivity contribution < 1.29 is 14.6 Å². The van der Waals surface area contributed by atoms with E-state index in [1.807, 2.05) is 30.3 Å². The molecule has 2 N–H and O–H groups in total. The van der Waals surface area contributed by atoms with Crippen LogP contribution in [0.25, 0.3) is 0 Å². The first-order chi connectivity index (χ1) is 10.1. The molecule has 0 saturated heterocycles. The van der Waals surface area contributed by atoms with Crippen LogP contribution in [0.3, 0.4) is 0 Å². The first kappa shape index (κ1) is 13.2. The molecule has 21 heavy (non-hydrogen) atoms. The third-order valence-corrected chi connectivity index (χ3v) is 3.38. The van der Waals surface area contributed by atoms with E-state index in [2.05, 4.69) is 15.1 Å². The number of hydrogen-bond donors (Lipinski definition) is 2. The molecule has 0 aliphatic carbocycles. The van der Waals surface area contributed by atoms with E-state index in [0.29, 0.717) is 12.2 Å². The van der Waals surface area contributed by atoms with Gasteiger partial charge in [0.25, 0.3) is 0 Å². The molecule has 0 fully saturated rings. The summed E-state index contributed by atoms with van der Waals surface area (Å²) in [5, 5.41) is 9.78. The van der Waals surface area contributed by atoms with Crippen molar-refractivity contribution in [2.45, 2.75) is 12.5 Å². The van der Waals surface area contributed by atoms with Gasteiger partial charge in [-0.05, 0) is 5.56 Å². The van der Waals surface area contributed by atoms with Crippen LogP contribution in [0, 0.1) is 0 Å². The highest BCUT2D eigenvalue weighted by Gasteiger charge is 2.29. The molecule has 0 saturated carbocycles. The standard InChI is InChI=1S/C14H13N3O4/c1-21-14(20)11-12(18)13(19)17-10(15-11)7-9(16-17)8-5-3-2-4-6-8/h2-6,9,16,18H,7H2,1H3. The lowest BCUT2D eigenvalue weighted by atomic mass is 10.1. The van der Waals surface area contributed by atoms with Gasteiger partial charge in [0.15, 0.2) is 5.69 Å². The smallest absolute Gasteiger partial charge is 0.360 e. The Balaban J connectivity index is 2.02. The van der Waals surface area contributed by atoms with Gasteiger partial charge in [-0.15, -0.1) is 0 Å². The monoisotopic (exact) mass is 287 g/mol. The lowest BCUT2D eigenvalue weighted by Gasteiger charge is -2.11. The van der Waals surface area contributed by atoms with Gasteiger partial charge >= 0.3 is 11.5 Å². The van der Waals surface area contributed by atoms with Gasteiger partial charge in [-0.2, -0.15) is 0 Å². The van der Waals surface area contributed by atoms with E-state index in [1.54, 1.807) is 0 Å². The van der Waals surface area contributed by atoms with E-state index in [1.165, 1.54) is 11.8 Å². The second-order valence-corrected chi connectivity index (χ2v) is 4.65. The average molecular weight is 287 g/mol. The van der Waals surface area contributed by atoms with Crippen LogP contribution in [-0.2, 0) is 11.2 Å². The number of fused-ring (bicyclic) bond motifs is 1. The molecule has 3 rings (SSSR count). The first-order valence-electron chi connectivity index (χ1n) is 6.36. The third kappa shape index (κ3) is 2.12. The zero-order valence-electron chi connectivity index (χ0n) is 11.2. The number of carbonyl (C=O) groups is 1. The van der Waals surface area contributed by atoms with Crippen LogP contribution in [0.5, 0.6) is 5.75 Å². The van der Waals surface area contributed by atoms with Crippen LogP contribution in [-0.4, -0.2) is 27.8 Å². The molecule has 0 radical (unpaired) electrons. The Morgan fingerprint density at radius 3 is 2.81 bits per heavy atom. The van der Waals surface area contributed by atoms with E-state index in [4.69, 9.17) is 0 Å². The maximum absolute atomic E-state index is 12.1. The van der Waals surface area contributed by atoms with Crippen molar-refractivity contribution in [2.24, 2.45) is 0 Å². The van der Waals surface area contributed by atoms with Crippen LogP contribution in [0.15, 0.2) is 35.1 Å². The van der Waals surface area contributed by atoms with Gasteiger partial charge in [0.05, 0.1) is 13.2 Å². The van der Waals surface area contributed by atoms with Gasteiger partial charge in [0.1, 0.15) is 5.82 Å². The molecule has 7 heteroatoms. The van der Waals surface area contributed by atoms with Crippen LogP contribution in [0.1, 0.15) is 27.9 Å². The zero-order valence-corrected chi connectivity index (χ0v) is 11.2. The summed E-state index contributed by atoms with van der Waals surface area (Å²) in [6.45, 7) is 0. The number of aromatic hydroxyl groups is 1. The molecule has 108 valence electrons. The molecule has 1 aliphatic heterocycles. The van der Waals surface area contributed by atoms with Crippen LogP contribution >= 0.6 is 0 Å². The second kappa shape index (κ2) is 4.93. The summed E-state index contributed by atoms with van der Waals surface area (Å²) in [6, 6.07) is 9.41. The number of carbonyl (C=O) groups excluding carboxylic acids is 1. The Labute approximate surface area is 119 Å². The number of esters is 1. The number of rotatable bonds is 2. The number of benzene rings is 1. The van der Waals surface area contributed by atoms with Gasteiger partial charge in [0.2, 0.25) is 5.75 Å². The van der Waals surface area contributed by atoms with Crippen LogP contribution in [0.4, 0.5) is 0 Å². The quantitative estimate of drug-likeness (QED) is 0.785. The summed E-state index contributed by atoms with van der Waals surface area (Å²) in [7, 11) is 1.17. The minimum absolute atomic E-state index is 0.140. The van der Waals surface area contributed by atoms with Crippen molar-refractivity contribution in [3.05, 3.63) is 57.8 Å². The molecule has 1 aliphatic rings. The van der Waals surface area contributed by atoms with Crippen LogP contribution < -0.4 is 11.0 Å². The summed E-state index contributed by atoms with van der Waals surface area (Å²) in [5.74, 6) is -1.17. The molecule has 1 unspecified atom stereocenters. The second-order valence-electron chi connectivity index (χ2n) is 4.65. The fourth-order valence-corrected chi connectivity index (χ4v) is 2.33. The van der Waals surface area contributed by atoms with Gasteiger partial charge in [0, 0.05) is 6.42 Å². The highest BCUT2D eigenvalue weighted by atomic mass is 16.5. The summed E-state index contributed by atoms with van der Waals surface area (Å²) < 4.78 is 5.68. The molecule has 2 heterocycles. The predicted octanol–water partition coefficient (Wildman–Crippen LogP) is 0.576. The maximum Gasteiger partial charge on any atom is 0.360 e. The molecule has 0 amide bonds. The van der Waals surface area contributed by atoms with E-state index < -0.39 is 17.3 Å². The largest absolute Gasteiger partial charge is 0.501 e. The zero-order chi connectivity index (χ0) is 15.0. The molecular weight excluding hydrogens is 274 g/mol. The molecule has 1 atom stereocenters. The fraction of sp³-hybridized carbons (Fsp3) is 0.214. The first-order valence-corrected chi connectivity index (χ1v) is 6.36. The minimum Gasteiger partial charge on any atom is -0.501 e. The topological polar surface area (TPSA) is 93.5 Å². The Hall–Kier alpha value is -2.83. The van der Waals surface area contributed by atoms with Crippen molar-refractivity contribution in [3.63, 3.8) is 0 Å². The molecule has 7 nitrogen and oxygen atoms in total. The average Bonchev–Trinajstić information content (AvgIpc) is 2.95. The minimum atomic E-state index is -0.837. The van der Waals surface area contributed by atoms with Crippen molar-refractivity contribution in [3.8, 4) is 5.75 Å². The van der Waals surface area contributed by atoms with E-state index in [0.717, 1.165) is 5.56 Å². The Morgan fingerprint density at radius 1 is 1.43 bits per heavy atom. The molecule has 2 aromatic rings. The van der Waals surface area contributed by atoms with E-state index in [9.17, 15) is 14.7 Å². The maximum atomic E-state index is 12.1. The highest BCUT2D eigenvalue weighted by Crippen LogP contribution is 2.24. The normalized spacial score (nSPS) is 16.1. The van der Waals surface area contributed by atoms with Gasteiger partial charge in [-0.25, -0.2) is 14.5 Å². The Kier molecular flexibility index (Phi) is 3.09. The SMILES string of the molecule is COC(=O)c1nc2n(c(=O)c1O)NC(c1ccccc1)C2. The summed E-state index contributed by atoms with van der Waals surface area (Å²) in [5.41, 5.74) is 2.89. The number of methoxy groups -OCH3 is 1. The molecule has 0 spiro atoms. The number of hydrogen-bond acceptors (Lipinski definition) is 6. The van der Waals surface area contributed by atoms with Crippen molar-refractivity contribution in [2.75, 3.05) is 12.5 Å². The highest BCUT2D eigenvalue weighted by molar-refractivity contribution is 5.89. The Bertz CT molecular complexity index is 755. The lowest BCUT2D eigenvalue weighted by Crippen LogP contribution is -2.29. The van der Waals surface area contributed by atoms with Gasteiger partial charge in [-0.3, -0.25) is 4.79 Å². The predicted molar refractivity (Wildman–Crippen MR) is 73.7 cm³/mol. The van der Waals surface area contributed by atoms with Crippen molar-refractivity contribution >= 4 is 5.97 Å². The molecular formula is C14H13N3O4. The van der Waals surface area contributed by atoms with E-state index >= 15 is 0 Å². The number of aromatic nitrogens is 2. The lowest BCUT2D eigenvalue weighted by molar-refractivity contribution is 0.0589. The number of nitrogens with zero attached hydrogens (tertiary/aromatic N) is 2. The summed E-state index contributed by atoms with van der Waals surface area (Å²) in [4.78, 5) is 27.6. The fourth-order valence-electron chi connectivity index (χ4n) is 2.33. The van der Waals surface area contributed by atoms with Crippen molar-refractivity contribution in [1.29, 1.82) is 0 Å². The summed E-state index contributed by atoms with van der Waals surface area (Å²) >= 11 is 0. The van der Waals surface area contributed by atoms with Gasteiger partial charge < -0.3 is 15.3 Å². The Morgan fingerprint density at radius 2 is 2.14 bits per heavy atom. The molecule has 1 aromatic heterocycles. The van der Waals surface area contributed by atoms with Crippen LogP contribution in [0.2, 0.25) is 0 Å². The molecule has 0 bridgehead atoms.